The molecular weight excluding hydrogens is 294 g/mol. The molecule has 0 aliphatic carbocycles. The van der Waals surface area contributed by atoms with Crippen LogP contribution in [-0.4, -0.2) is 28.7 Å². The van der Waals surface area contributed by atoms with Gasteiger partial charge in [-0.2, -0.15) is 0 Å². The van der Waals surface area contributed by atoms with Gasteiger partial charge in [0.15, 0.2) is 5.16 Å². The maximum Gasteiger partial charge on any atom is 0.255 e. The molecule has 5 heteroatoms. The molecule has 0 unspecified atom stereocenters. The van der Waals surface area contributed by atoms with Crippen LogP contribution in [-0.2, 0) is 0 Å². The number of thioether (sulfide) groups is 1. The van der Waals surface area contributed by atoms with Crippen molar-refractivity contribution in [2.75, 3.05) is 12.8 Å². The third kappa shape index (κ3) is 4.31. The summed E-state index contributed by atoms with van der Waals surface area (Å²) in [6, 6.07) is 9.74. The summed E-state index contributed by atoms with van der Waals surface area (Å²) in [4.78, 5) is 21.2. The van der Waals surface area contributed by atoms with E-state index in [9.17, 15) is 4.79 Å². The lowest BCUT2D eigenvalue weighted by Gasteiger charge is -2.11. The summed E-state index contributed by atoms with van der Waals surface area (Å²) in [6.07, 6.45) is 4.49. The predicted octanol–water partition coefficient (Wildman–Crippen LogP) is 3.64. The minimum absolute atomic E-state index is 0.118. The van der Waals surface area contributed by atoms with Crippen LogP contribution < -0.4 is 5.32 Å². The van der Waals surface area contributed by atoms with Gasteiger partial charge in [-0.25, -0.2) is 9.97 Å². The highest BCUT2D eigenvalue weighted by Gasteiger charge is 2.15. The molecule has 0 aliphatic heterocycles. The van der Waals surface area contributed by atoms with Gasteiger partial charge in [0.1, 0.15) is 0 Å². The van der Waals surface area contributed by atoms with Crippen LogP contribution in [0.4, 0.5) is 0 Å². The number of aromatic nitrogens is 2. The molecule has 1 N–H and O–H groups in total. The van der Waals surface area contributed by atoms with Crippen molar-refractivity contribution >= 4 is 17.7 Å². The van der Waals surface area contributed by atoms with E-state index in [1.54, 1.807) is 6.20 Å². The van der Waals surface area contributed by atoms with Gasteiger partial charge < -0.3 is 5.32 Å². The second-order valence-corrected chi connectivity index (χ2v) is 6.20. The fourth-order valence-corrected chi connectivity index (χ4v) is 2.36. The molecule has 0 atom stereocenters. The van der Waals surface area contributed by atoms with E-state index in [2.05, 4.69) is 29.1 Å². The number of amides is 1. The van der Waals surface area contributed by atoms with Crippen molar-refractivity contribution in [1.82, 2.24) is 15.3 Å². The Hall–Kier alpha value is -1.88. The van der Waals surface area contributed by atoms with E-state index in [0.29, 0.717) is 28.9 Å². The highest BCUT2D eigenvalue weighted by Crippen LogP contribution is 2.23. The Bertz CT molecular complexity index is 629. The van der Waals surface area contributed by atoms with Crippen molar-refractivity contribution in [3.05, 3.63) is 42.1 Å². The fraction of sp³-hybridized carbons (Fsp3) is 0.353. The van der Waals surface area contributed by atoms with E-state index < -0.39 is 0 Å². The first kappa shape index (κ1) is 16.5. The van der Waals surface area contributed by atoms with E-state index in [1.165, 1.54) is 11.8 Å². The average Bonchev–Trinajstić information content (AvgIpc) is 2.54. The molecule has 0 saturated carbocycles. The van der Waals surface area contributed by atoms with E-state index in [-0.39, 0.29) is 5.91 Å². The summed E-state index contributed by atoms with van der Waals surface area (Å²) in [6.45, 7) is 4.94. The predicted molar refractivity (Wildman–Crippen MR) is 91.0 cm³/mol. The second-order valence-electron chi connectivity index (χ2n) is 5.42. The van der Waals surface area contributed by atoms with Crippen LogP contribution in [0.15, 0.2) is 41.7 Å². The fourth-order valence-electron chi connectivity index (χ4n) is 2.02. The van der Waals surface area contributed by atoms with Gasteiger partial charge in [0.05, 0.1) is 11.3 Å². The second kappa shape index (κ2) is 7.94. The van der Waals surface area contributed by atoms with Gasteiger partial charge in [-0.1, -0.05) is 55.9 Å². The summed E-state index contributed by atoms with van der Waals surface area (Å²) in [5.41, 5.74) is 2.13. The topological polar surface area (TPSA) is 54.9 Å². The van der Waals surface area contributed by atoms with Crippen LogP contribution in [0.3, 0.4) is 0 Å². The molecule has 2 aromatic rings. The van der Waals surface area contributed by atoms with Crippen molar-refractivity contribution in [3.8, 4) is 11.3 Å². The number of carbonyl (C=O) groups is 1. The first-order chi connectivity index (χ1) is 10.6. The van der Waals surface area contributed by atoms with Crippen LogP contribution in [0.1, 0.15) is 30.6 Å². The lowest BCUT2D eigenvalue weighted by atomic mass is 10.1. The molecular formula is C17H21N3OS. The number of rotatable bonds is 6. The quantitative estimate of drug-likeness (QED) is 0.653. The van der Waals surface area contributed by atoms with Gasteiger partial charge >= 0.3 is 0 Å². The summed E-state index contributed by atoms with van der Waals surface area (Å²) in [5.74, 6) is 0.441. The smallest absolute Gasteiger partial charge is 0.255 e. The first-order valence-electron chi connectivity index (χ1n) is 7.36. The lowest BCUT2D eigenvalue weighted by Crippen LogP contribution is -2.26. The van der Waals surface area contributed by atoms with Crippen molar-refractivity contribution in [2.45, 2.75) is 25.4 Å². The molecule has 1 amide bonds. The maximum absolute atomic E-state index is 12.4. The minimum Gasteiger partial charge on any atom is -0.352 e. The van der Waals surface area contributed by atoms with Crippen molar-refractivity contribution in [1.29, 1.82) is 0 Å². The lowest BCUT2D eigenvalue weighted by molar-refractivity contribution is 0.0952. The van der Waals surface area contributed by atoms with E-state index in [0.717, 1.165) is 12.0 Å². The van der Waals surface area contributed by atoms with Crippen molar-refractivity contribution in [2.24, 2.45) is 5.92 Å². The molecule has 1 heterocycles. The Morgan fingerprint density at radius 2 is 2.00 bits per heavy atom. The molecule has 0 bridgehead atoms. The Kier molecular flexibility index (Phi) is 5.95. The molecule has 0 saturated heterocycles. The molecule has 0 fully saturated rings. The van der Waals surface area contributed by atoms with Gasteiger partial charge in [0.25, 0.3) is 5.91 Å². The molecule has 116 valence electrons. The number of hydrogen-bond acceptors (Lipinski definition) is 4. The SMILES string of the molecule is CSc1ncc(C(=O)NCCC(C)C)c(-c2ccccc2)n1. The molecule has 2 rings (SSSR count). The Labute approximate surface area is 135 Å². The zero-order chi connectivity index (χ0) is 15.9. The molecule has 4 nitrogen and oxygen atoms in total. The summed E-state index contributed by atoms with van der Waals surface area (Å²) < 4.78 is 0. The number of hydrogen-bond donors (Lipinski definition) is 1. The monoisotopic (exact) mass is 315 g/mol. The van der Waals surface area contributed by atoms with Crippen LogP contribution in [0.2, 0.25) is 0 Å². The molecule has 0 spiro atoms. The average molecular weight is 315 g/mol. The van der Waals surface area contributed by atoms with Gasteiger partial charge in [-0.05, 0) is 18.6 Å². The van der Waals surface area contributed by atoms with Gasteiger partial charge in [-0.3, -0.25) is 4.79 Å². The highest BCUT2D eigenvalue weighted by molar-refractivity contribution is 7.98. The largest absolute Gasteiger partial charge is 0.352 e. The highest BCUT2D eigenvalue weighted by atomic mass is 32.2. The summed E-state index contributed by atoms with van der Waals surface area (Å²) in [7, 11) is 0. The number of benzene rings is 1. The Morgan fingerprint density at radius 1 is 1.27 bits per heavy atom. The zero-order valence-corrected chi connectivity index (χ0v) is 14.0. The van der Waals surface area contributed by atoms with E-state index >= 15 is 0 Å². The standard InChI is InChI=1S/C17H21N3OS/c1-12(2)9-10-18-16(21)14-11-19-17(22-3)20-15(14)13-7-5-4-6-8-13/h4-8,11-12H,9-10H2,1-3H3,(H,18,21). The molecule has 22 heavy (non-hydrogen) atoms. The Morgan fingerprint density at radius 3 is 2.64 bits per heavy atom. The zero-order valence-electron chi connectivity index (χ0n) is 13.2. The van der Waals surface area contributed by atoms with Gasteiger partial charge in [0, 0.05) is 18.3 Å². The first-order valence-corrected chi connectivity index (χ1v) is 8.59. The van der Waals surface area contributed by atoms with Crippen LogP contribution in [0.25, 0.3) is 11.3 Å². The Balaban J connectivity index is 2.28. The normalized spacial score (nSPS) is 10.7. The summed E-state index contributed by atoms with van der Waals surface area (Å²) >= 11 is 1.47. The van der Waals surface area contributed by atoms with Crippen LogP contribution >= 0.6 is 11.8 Å². The van der Waals surface area contributed by atoms with Gasteiger partial charge in [-0.15, -0.1) is 0 Å². The summed E-state index contributed by atoms with van der Waals surface area (Å²) in [5, 5.41) is 3.62. The maximum atomic E-state index is 12.4. The minimum atomic E-state index is -0.118. The van der Waals surface area contributed by atoms with E-state index in [1.807, 2.05) is 36.6 Å². The van der Waals surface area contributed by atoms with Crippen LogP contribution in [0, 0.1) is 5.92 Å². The van der Waals surface area contributed by atoms with Gasteiger partial charge in [0.2, 0.25) is 0 Å². The molecule has 0 aliphatic rings. The van der Waals surface area contributed by atoms with Crippen molar-refractivity contribution in [3.63, 3.8) is 0 Å². The number of nitrogens with one attached hydrogen (secondary N) is 1. The third-order valence-electron chi connectivity index (χ3n) is 3.25. The molecule has 1 aromatic heterocycles. The third-order valence-corrected chi connectivity index (χ3v) is 3.81. The van der Waals surface area contributed by atoms with Crippen LogP contribution in [0.5, 0.6) is 0 Å². The van der Waals surface area contributed by atoms with E-state index in [4.69, 9.17) is 0 Å². The molecule has 0 radical (unpaired) electrons. The van der Waals surface area contributed by atoms with Crippen molar-refractivity contribution < 1.29 is 4.79 Å². The number of nitrogens with zero attached hydrogens (tertiary/aromatic N) is 2. The molecule has 1 aromatic carbocycles. The number of carbonyl (C=O) groups excluding carboxylic acids is 1.